The lowest BCUT2D eigenvalue weighted by atomic mass is 9.95. The minimum Gasteiger partial charge on any atom is -0.458 e. The number of ether oxygens (including phenoxy) is 1. The maximum atomic E-state index is 11.3. The molecule has 1 fully saturated rings. The lowest BCUT2D eigenvalue weighted by Crippen LogP contribution is -2.46. The number of amides is 2. The molecule has 7 heteroatoms. The highest BCUT2D eigenvalue weighted by molar-refractivity contribution is 6.29. The summed E-state index contributed by atoms with van der Waals surface area (Å²) in [5, 5.41) is 0.790. The standard InChI is InChI=1S/C11H18N2O5/c1-2-17-9(14)10(15)18-13(11(12)16)8-6-4-3-5-7-8/h8H,2-7H2,1H3,(H2,12,16). The van der Waals surface area contributed by atoms with E-state index in [2.05, 4.69) is 4.74 Å². The van der Waals surface area contributed by atoms with Crippen molar-refractivity contribution in [2.24, 2.45) is 5.73 Å². The molecule has 1 aliphatic rings. The van der Waals surface area contributed by atoms with E-state index in [1.165, 1.54) is 0 Å². The number of carbonyl (C=O) groups excluding carboxylic acids is 3. The normalized spacial score (nSPS) is 15.8. The van der Waals surface area contributed by atoms with Crippen molar-refractivity contribution < 1.29 is 24.0 Å². The predicted molar refractivity (Wildman–Crippen MR) is 61.0 cm³/mol. The summed E-state index contributed by atoms with van der Waals surface area (Å²) >= 11 is 0. The molecule has 1 saturated carbocycles. The molecule has 1 aliphatic carbocycles. The first kappa shape index (κ1) is 14.3. The average Bonchev–Trinajstić information content (AvgIpc) is 2.36. The number of rotatable bonds is 2. The van der Waals surface area contributed by atoms with Crippen LogP contribution in [0.3, 0.4) is 0 Å². The molecule has 0 bridgehead atoms. The van der Waals surface area contributed by atoms with Gasteiger partial charge in [-0.2, -0.15) is 0 Å². The fourth-order valence-electron chi connectivity index (χ4n) is 1.93. The molecule has 0 aromatic carbocycles. The molecule has 18 heavy (non-hydrogen) atoms. The Kier molecular flexibility index (Phi) is 5.41. The van der Waals surface area contributed by atoms with E-state index in [0.29, 0.717) is 12.8 Å². The number of nitrogens with two attached hydrogens (primary N) is 1. The molecule has 2 N–H and O–H groups in total. The Morgan fingerprint density at radius 3 is 2.28 bits per heavy atom. The fourth-order valence-corrected chi connectivity index (χ4v) is 1.93. The molecule has 2 amide bonds. The van der Waals surface area contributed by atoms with Gasteiger partial charge in [-0.05, 0) is 19.8 Å². The number of primary amides is 1. The van der Waals surface area contributed by atoms with Gasteiger partial charge in [-0.1, -0.05) is 19.3 Å². The van der Waals surface area contributed by atoms with Crippen molar-refractivity contribution in [3.05, 3.63) is 0 Å². The van der Waals surface area contributed by atoms with Gasteiger partial charge in [0, 0.05) is 0 Å². The van der Waals surface area contributed by atoms with Crippen molar-refractivity contribution in [3.8, 4) is 0 Å². The summed E-state index contributed by atoms with van der Waals surface area (Å²) in [5.41, 5.74) is 5.15. The van der Waals surface area contributed by atoms with Gasteiger partial charge >= 0.3 is 18.0 Å². The van der Waals surface area contributed by atoms with E-state index in [1.807, 2.05) is 0 Å². The molecule has 7 nitrogen and oxygen atoms in total. The molecule has 0 atom stereocenters. The third-order valence-electron chi connectivity index (χ3n) is 2.75. The SMILES string of the molecule is CCOC(=O)C(=O)ON(C(N)=O)C1CCCCC1. The highest BCUT2D eigenvalue weighted by Crippen LogP contribution is 2.22. The van der Waals surface area contributed by atoms with Gasteiger partial charge in [0.1, 0.15) is 0 Å². The Hall–Kier alpha value is -1.79. The molecular weight excluding hydrogens is 240 g/mol. The topological polar surface area (TPSA) is 98.9 Å². The van der Waals surface area contributed by atoms with Crippen molar-refractivity contribution in [1.29, 1.82) is 0 Å². The maximum Gasteiger partial charge on any atom is 0.441 e. The van der Waals surface area contributed by atoms with Crippen LogP contribution in [0.1, 0.15) is 39.0 Å². The van der Waals surface area contributed by atoms with Gasteiger partial charge in [-0.15, -0.1) is 5.06 Å². The molecule has 0 unspecified atom stereocenters. The van der Waals surface area contributed by atoms with Crippen LogP contribution in [0.15, 0.2) is 0 Å². The van der Waals surface area contributed by atoms with Gasteiger partial charge in [-0.3, -0.25) is 0 Å². The molecule has 0 saturated heterocycles. The third kappa shape index (κ3) is 3.90. The van der Waals surface area contributed by atoms with E-state index in [-0.39, 0.29) is 12.6 Å². The molecule has 0 radical (unpaired) electrons. The summed E-state index contributed by atoms with van der Waals surface area (Å²) in [4.78, 5) is 38.4. The number of urea groups is 1. The molecule has 0 heterocycles. The summed E-state index contributed by atoms with van der Waals surface area (Å²) in [7, 11) is 0. The molecule has 0 spiro atoms. The van der Waals surface area contributed by atoms with Crippen molar-refractivity contribution in [2.75, 3.05) is 6.61 Å². The first-order valence-corrected chi connectivity index (χ1v) is 6.04. The van der Waals surface area contributed by atoms with E-state index in [1.54, 1.807) is 6.92 Å². The first-order chi connectivity index (χ1) is 8.56. The Balaban J connectivity index is 2.59. The Morgan fingerprint density at radius 1 is 1.17 bits per heavy atom. The van der Waals surface area contributed by atoms with Crippen molar-refractivity contribution in [3.63, 3.8) is 0 Å². The number of hydroxylamine groups is 2. The van der Waals surface area contributed by atoms with E-state index in [4.69, 9.17) is 10.6 Å². The summed E-state index contributed by atoms with van der Waals surface area (Å²) in [6.07, 6.45) is 4.36. The summed E-state index contributed by atoms with van der Waals surface area (Å²) in [5.74, 6) is -2.35. The zero-order valence-electron chi connectivity index (χ0n) is 10.4. The first-order valence-electron chi connectivity index (χ1n) is 6.04. The van der Waals surface area contributed by atoms with E-state index >= 15 is 0 Å². The lowest BCUT2D eigenvalue weighted by Gasteiger charge is -2.30. The monoisotopic (exact) mass is 258 g/mol. The number of hydrogen-bond donors (Lipinski definition) is 1. The maximum absolute atomic E-state index is 11.3. The molecule has 102 valence electrons. The molecular formula is C11H18N2O5. The fraction of sp³-hybridized carbons (Fsp3) is 0.727. The zero-order chi connectivity index (χ0) is 13.5. The van der Waals surface area contributed by atoms with Crippen LogP contribution >= 0.6 is 0 Å². The molecule has 0 aliphatic heterocycles. The number of esters is 1. The van der Waals surface area contributed by atoms with Crippen molar-refractivity contribution in [2.45, 2.75) is 45.1 Å². The van der Waals surface area contributed by atoms with Crippen LogP contribution in [0.4, 0.5) is 4.79 Å². The van der Waals surface area contributed by atoms with Gasteiger partial charge in [0.15, 0.2) is 0 Å². The summed E-state index contributed by atoms with van der Waals surface area (Å²) in [6, 6.07) is -1.13. The van der Waals surface area contributed by atoms with Crippen LogP contribution in [0.5, 0.6) is 0 Å². The third-order valence-corrected chi connectivity index (χ3v) is 2.75. The van der Waals surface area contributed by atoms with Crippen LogP contribution < -0.4 is 5.73 Å². The van der Waals surface area contributed by atoms with Crippen LogP contribution in [0.2, 0.25) is 0 Å². The van der Waals surface area contributed by atoms with Crippen LogP contribution in [0.25, 0.3) is 0 Å². The van der Waals surface area contributed by atoms with E-state index in [9.17, 15) is 14.4 Å². The minimum absolute atomic E-state index is 0.0634. The van der Waals surface area contributed by atoms with Crippen LogP contribution in [-0.4, -0.2) is 35.7 Å². The minimum atomic E-state index is -1.22. The Bertz CT molecular complexity index is 325. The summed E-state index contributed by atoms with van der Waals surface area (Å²) in [6.45, 7) is 1.63. The zero-order valence-corrected chi connectivity index (χ0v) is 10.4. The highest BCUT2D eigenvalue weighted by Gasteiger charge is 2.30. The second-order valence-electron chi connectivity index (χ2n) is 4.06. The largest absolute Gasteiger partial charge is 0.458 e. The predicted octanol–water partition coefficient (Wildman–Crippen LogP) is 0.721. The summed E-state index contributed by atoms with van der Waals surface area (Å²) < 4.78 is 4.48. The molecule has 0 aromatic rings. The smallest absolute Gasteiger partial charge is 0.441 e. The van der Waals surface area contributed by atoms with Crippen LogP contribution in [-0.2, 0) is 19.2 Å². The van der Waals surface area contributed by atoms with Crippen molar-refractivity contribution >= 4 is 18.0 Å². The number of nitrogens with zero attached hydrogens (tertiary/aromatic N) is 1. The molecule has 1 rings (SSSR count). The Labute approximate surface area is 105 Å². The van der Waals surface area contributed by atoms with Gasteiger partial charge < -0.3 is 15.3 Å². The van der Waals surface area contributed by atoms with Crippen molar-refractivity contribution in [1.82, 2.24) is 5.06 Å². The Morgan fingerprint density at radius 2 is 1.78 bits per heavy atom. The molecule has 0 aromatic heterocycles. The van der Waals surface area contributed by atoms with E-state index < -0.39 is 18.0 Å². The van der Waals surface area contributed by atoms with Gasteiger partial charge in [-0.25, -0.2) is 14.4 Å². The second-order valence-corrected chi connectivity index (χ2v) is 4.06. The quantitative estimate of drug-likeness (QED) is 0.447. The van der Waals surface area contributed by atoms with Gasteiger partial charge in [0.25, 0.3) is 0 Å². The number of carbonyl (C=O) groups is 3. The second kappa shape index (κ2) is 6.83. The van der Waals surface area contributed by atoms with E-state index in [0.717, 1.165) is 24.3 Å². The van der Waals surface area contributed by atoms with Gasteiger partial charge in [0.2, 0.25) is 0 Å². The van der Waals surface area contributed by atoms with Gasteiger partial charge in [0.05, 0.1) is 12.6 Å². The van der Waals surface area contributed by atoms with Crippen LogP contribution in [0, 0.1) is 0 Å². The number of hydrogen-bond acceptors (Lipinski definition) is 5. The highest BCUT2D eigenvalue weighted by atomic mass is 16.7. The lowest BCUT2D eigenvalue weighted by molar-refractivity contribution is -0.196. The average molecular weight is 258 g/mol.